The number of rotatable bonds is 4. The van der Waals surface area contributed by atoms with Crippen molar-refractivity contribution in [1.82, 2.24) is 4.90 Å². The lowest BCUT2D eigenvalue weighted by atomic mass is 10.1. The van der Waals surface area contributed by atoms with Gasteiger partial charge in [-0.2, -0.15) is 0 Å². The molecule has 7 heteroatoms. The first-order valence-electron chi connectivity index (χ1n) is 6.58. The summed E-state index contributed by atoms with van der Waals surface area (Å²) in [5.41, 5.74) is 0.415. The number of sulfone groups is 1. The fourth-order valence-corrected chi connectivity index (χ4v) is 3.09. The van der Waals surface area contributed by atoms with E-state index in [9.17, 15) is 18.0 Å². The molecule has 1 saturated heterocycles. The molecule has 21 heavy (non-hydrogen) atoms. The van der Waals surface area contributed by atoms with Gasteiger partial charge in [0.1, 0.15) is 0 Å². The lowest BCUT2D eigenvalue weighted by Gasteiger charge is -2.16. The summed E-state index contributed by atoms with van der Waals surface area (Å²) >= 11 is 0. The largest absolute Gasteiger partial charge is 0.481 e. The third kappa shape index (κ3) is 3.81. The monoisotopic (exact) mass is 311 g/mol. The van der Waals surface area contributed by atoms with Gasteiger partial charge in [-0.3, -0.25) is 9.59 Å². The number of nitrogens with zero attached hydrogens (tertiary/aromatic N) is 1. The maximum Gasteiger partial charge on any atom is 0.303 e. The summed E-state index contributed by atoms with van der Waals surface area (Å²) in [7, 11) is -3.28. The molecule has 0 aromatic heterocycles. The topological polar surface area (TPSA) is 91.8 Å². The van der Waals surface area contributed by atoms with Crippen molar-refractivity contribution in [2.24, 2.45) is 5.92 Å². The van der Waals surface area contributed by atoms with Crippen molar-refractivity contribution in [2.45, 2.75) is 17.7 Å². The van der Waals surface area contributed by atoms with Crippen LogP contribution in [0.3, 0.4) is 0 Å². The first-order chi connectivity index (χ1) is 9.77. The van der Waals surface area contributed by atoms with Crippen LogP contribution in [0.1, 0.15) is 23.2 Å². The highest BCUT2D eigenvalue weighted by Gasteiger charge is 2.28. The molecule has 1 heterocycles. The van der Waals surface area contributed by atoms with Crippen LogP contribution in [-0.2, 0) is 14.6 Å². The van der Waals surface area contributed by atoms with E-state index >= 15 is 0 Å². The standard InChI is InChI=1S/C14H17NO5S/c1-21(19,20)12-4-2-11(3-5-12)14(18)15-7-6-10(9-15)8-13(16)17/h2-5,10H,6-9H2,1H3,(H,16,17). The molecule has 1 N–H and O–H groups in total. The van der Waals surface area contributed by atoms with E-state index in [1.54, 1.807) is 4.90 Å². The summed E-state index contributed by atoms with van der Waals surface area (Å²) in [4.78, 5) is 24.7. The van der Waals surface area contributed by atoms with E-state index < -0.39 is 15.8 Å². The number of benzene rings is 1. The summed E-state index contributed by atoms with van der Waals surface area (Å²) in [6, 6.07) is 5.80. The zero-order valence-corrected chi connectivity index (χ0v) is 12.5. The highest BCUT2D eigenvalue weighted by Crippen LogP contribution is 2.22. The van der Waals surface area contributed by atoms with Crippen molar-refractivity contribution in [3.05, 3.63) is 29.8 Å². The van der Waals surface area contributed by atoms with Crippen LogP contribution in [0.4, 0.5) is 0 Å². The third-order valence-corrected chi connectivity index (χ3v) is 4.69. The molecular weight excluding hydrogens is 294 g/mol. The number of hydrogen-bond acceptors (Lipinski definition) is 4. The van der Waals surface area contributed by atoms with Crippen molar-refractivity contribution in [1.29, 1.82) is 0 Å². The quantitative estimate of drug-likeness (QED) is 0.896. The average Bonchev–Trinajstić information content (AvgIpc) is 2.84. The number of amides is 1. The Morgan fingerprint density at radius 2 is 1.90 bits per heavy atom. The molecule has 1 atom stereocenters. The predicted octanol–water partition coefficient (Wildman–Crippen LogP) is 1.03. The Morgan fingerprint density at radius 3 is 2.43 bits per heavy atom. The van der Waals surface area contributed by atoms with Gasteiger partial charge in [-0.25, -0.2) is 8.42 Å². The molecule has 1 fully saturated rings. The number of carboxylic acids is 1. The lowest BCUT2D eigenvalue weighted by molar-refractivity contribution is -0.138. The van der Waals surface area contributed by atoms with Gasteiger partial charge in [0, 0.05) is 31.3 Å². The summed E-state index contributed by atoms with van der Waals surface area (Å²) in [6.07, 6.45) is 1.86. The van der Waals surface area contributed by atoms with Gasteiger partial charge in [0.25, 0.3) is 5.91 Å². The smallest absolute Gasteiger partial charge is 0.303 e. The van der Waals surface area contributed by atoms with Crippen LogP contribution in [0.2, 0.25) is 0 Å². The summed E-state index contributed by atoms with van der Waals surface area (Å²) in [6.45, 7) is 0.962. The van der Waals surface area contributed by atoms with Crippen molar-refractivity contribution in [2.75, 3.05) is 19.3 Å². The normalized spacial score (nSPS) is 18.7. The van der Waals surface area contributed by atoms with Crippen molar-refractivity contribution >= 4 is 21.7 Å². The maximum atomic E-state index is 12.3. The van der Waals surface area contributed by atoms with E-state index in [0.717, 1.165) is 6.26 Å². The fourth-order valence-electron chi connectivity index (χ4n) is 2.46. The number of hydrogen-bond donors (Lipinski definition) is 1. The Balaban J connectivity index is 2.06. The number of likely N-dealkylation sites (tertiary alicyclic amines) is 1. The Kier molecular flexibility index (Phi) is 4.32. The van der Waals surface area contributed by atoms with Gasteiger partial charge < -0.3 is 10.0 Å². The molecule has 1 aromatic carbocycles. The minimum atomic E-state index is -3.28. The van der Waals surface area contributed by atoms with E-state index in [1.807, 2.05) is 0 Å². The van der Waals surface area contributed by atoms with Gasteiger partial charge in [-0.05, 0) is 36.6 Å². The number of aliphatic carboxylic acids is 1. The molecule has 1 unspecified atom stereocenters. The van der Waals surface area contributed by atoms with Gasteiger partial charge in [-0.1, -0.05) is 0 Å². The van der Waals surface area contributed by atoms with Crippen molar-refractivity contribution in [3.63, 3.8) is 0 Å². The van der Waals surface area contributed by atoms with Gasteiger partial charge in [0.05, 0.1) is 4.90 Å². The Labute approximate surface area is 123 Å². The SMILES string of the molecule is CS(=O)(=O)c1ccc(C(=O)N2CCC(CC(=O)O)C2)cc1. The van der Waals surface area contributed by atoms with Crippen LogP contribution >= 0.6 is 0 Å². The Bertz CT molecular complexity index is 650. The van der Waals surface area contributed by atoms with E-state index in [-0.39, 0.29) is 23.1 Å². The number of carbonyl (C=O) groups excluding carboxylic acids is 1. The van der Waals surface area contributed by atoms with Crippen LogP contribution in [-0.4, -0.2) is 49.6 Å². The van der Waals surface area contributed by atoms with E-state index in [1.165, 1.54) is 24.3 Å². The molecule has 1 amide bonds. The molecule has 0 spiro atoms. The summed E-state index contributed by atoms with van der Waals surface area (Å²) in [5, 5.41) is 8.76. The molecule has 0 aliphatic carbocycles. The number of carbonyl (C=O) groups is 2. The molecular formula is C14H17NO5S. The zero-order chi connectivity index (χ0) is 15.6. The van der Waals surface area contributed by atoms with Crippen LogP contribution in [0, 0.1) is 5.92 Å². The molecule has 1 aliphatic rings. The van der Waals surface area contributed by atoms with Crippen molar-refractivity contribution in [3.8, 4) is 0 Å². The van der Waals surface area contributed by atoms with E-state index in [4.69, 9.17) is 5.11 Å². The first kappa shape index (κ1) is 15.5. The van der Waals surface area contributed by atoms with Gasteiger partial charge in [0.15, 0.2) is 9.84 Å². The van der Waals surface area contributed by atoms with E-state index in [0.29, 0.717) is 25.1 Å². The Hall–Kier alpha value is -1.89. The van der Waals surface area contributed by atoms with Crippen LogP contribution in [0.15, 0.2) is 29.2 Å². The third-order valence-electron chi connectivity index (χ3n) is 3.57. The maximum absolute atomic E-state index is 12.3. The van der Waals surface area contributed by atoms with Crippen molar-refractivity contribution < 1.29 is 23.1 Å². The molecule has 0 radical (unpaired) electrons. The first-order valence-corrected chi connectivity index (χ1v) is 8.47. The predicted molar refractivity (Wildman–Crippen MR) is 75.8 cm³/mol. The molecule has 0 bridgehead atoms. The van der Waals surface area contributed by atoms with Crippen LogP contribution in [0.5, 0.6) is 0 Å². The minimum absolute atomic E-state index is 0.0123. The Morgan fingerprint density at radius 1 is 1.29 bits per heavy atom. The molecule has 114 valence electrons. The second kappa shape index (κ2) is 5.85. The van der Waals surface area contributed by atoms with Crippen LogP contribution in [0.25, 0.3) is 0 Å². The molecule has 6 nitrogen and oxygen atoms in total. The molecule has 1 aliphatic heterocycles. The fraction of sp³-hybridized carbons (Fsp3) is 0.429. The minimum Gasteiger partial charge on any atom is -0.481 e. The average molecular weight is 311 g/mol. The zero-order valence-electron chi connectivity index (χ0n) is 11.7. The van der Waals surface area contributed by atoms with Gasteiger partial charge in [-0.15, -0.1) is 0 Å². The number of carboxylic acid groups (broad SMARTS) is 1. The van der Waals surface area contributed by atoms with Gasteiger partial charge in [0.2, 0.25) is 0 Å². The van der Waals surface area contributed by atoms with Gasteiger partial charge >= 0.3 is 5.97 Å². The van der Waals surface area contributed by atoms with Crippen LogP contribution < -0.4 is 0 Å². The molecule has 2 rings (SSSR count). The second-order valence-corrected chi connectivity index (χ2v) is 7.32. The molecule has 0 saturated carbocycles. The highest BCUT2D eigenvalue weighted by molar-refractivity contribution is 7.90. The molecule has 1 aromatic rings. The highest BCUT2D eigenvalue weighted by atomic mass is 32.2. The lowest BCUT2D eigenvalue weighted by Crippen LogP contribution is -2.29. The summed E-state index contributed by atoms with van der Waals surface area (Å²) < 4.78 is 22.7. The second-order valence-electron chi connectivity index (χ2n) is 5.30. The van der Waals surface area contributed by atoms with E-state index in [2.05, 4.69) is 0 Å². The summed E-state index contributed by atoms with van der Waals surface area (Å²) in [5.74, 6) is -1.06.